The molecule has 1 aromatic carbocycles. The predicted molar refractivity (Wildman–Crippen MR) is 83.0 cm³/mol. The van der Waals surface area contributed by atoms with Crippen LogP contribution in [-0.4, -0.2) is 36.0 Å². The summed E-state index contributed by atoms with van der Waals surface area (Å²) in [5.74, 6) is -0.625. The summed E-state index contributed by atoms with van der Waals surface area (Å²) in [4.78, 5) is 26.3. The van der Waals surface area contributed by atoms with Crippen molar-refractivity contribution < 1.29 is 14.0 Å². The maximum Gasteiger partial charge on any atom is 0.319 e. The first-order valence-electron chi connectivity index (χ1n) is 7.60. The molecule has 1 aliphatic heterocycles. The van der Waals surface area contributed by atoms with Gasteiger partial charge in [0.05, 0.1) is 5.69 Å². The van der Waals surface area contributed by atoms with Crippen molar-refractivity contribution in [1.29, 1.82) is 0 Å². The van der Waals surface area contributed by atoms with Crippen molar-refractivity contribution in [3.8, 4) is 0 Å². The first-order chi connectivity index (χ1) is 10.5. The fourth-order valence-electron chi connectivity index (χ4n) is 2.51. The highest BCUT2D eigenvalue weighted by Gasteiger charge is 2.30. The second-order valence-electron chi connectivity index (χ2n) is 5.83. The number of amides is 3. The van der Waals surface area contributed by atoms with E-state index < -0.39 is 17.9 Å². The molecule has 2 rings (SSSR count). The Bertz CT molecular complexity index is 542. The molecule has 6 heteroatoms. The Balaban J connectivity index is 2.00. The highest BCUT2D eigenvalue weighted by molar-refractivity contribution is 5.94. The Morgan fingerprint density at radius 3 is 2.41 bits per heavy atom. The van der Waals surface area contributed by atoms with Crippen LogP contribution in [0.1, 0.15) is 26.7 Å². The number of hydrogen-bond acceptors (Lipinski definition) is 2. The number of rotatable bonds is 4. The number of likely N-dealkylation sites (tertiary alicyclic amines) is 1. The number of halogens is 1. The molecule has 1 aromatic rings. The third-order valence-electron chi connectivity index (χ3n) is 3.76. The number of benzene rings is 1. The molecule has 0 aliphatic carbocycles. The molecule has 0 spiro atoms. The molecule has 3 amide bonds. The van der Waals surface area contributed by atoms with Gasteiger partial charge in [0, 0.05) is 13.1 Å². The van der Waals surface area contributed by atoms with Crippen LogP contribution in [0.15, 0.2) is 24.3 Å². The molecule has 0 saturated carbocycles. The van der Waals surface area contributed by atoms with Crippen LogP contribution >= 0.6 is 0 Å². The van der Waals surface area contributed by atoms with Gasteiger partial charge in [-0.05, 0) is 30.9 Å². The number of anilines is 1. The lowest BCUT2D eigenvalue weighted by Crippen LogP contribution is -2.51. The molecule has 1 fully saturated rings. The number of nitrogens with zero attached hydrogens (tertiary/aromatic N) is 1. The normalized spacial score (nSPS) is 15.7. The number of carbonyl (C=O) groups excluding carboxylic acids is 2. The minimum atomic E-state index is -0.607. The van der Waals surface area contributed by atoms with Crippen LogP contribution in [0.5, 0.6) is 0 Å². The average Bonchev–Trinajstić information content (AvgIpc) is 3.00. The largest absolute Gasteiger partial charge is 0.341 e. The van der Waals surface area contributed by atoms with E-state index in [1.807, 2.05) is 13.8 Å². The number of hydrogen-bond donors (Lipinski definition) is 2. The van der Waals surface area contributed by atoms with Gasteiger partial charge in [-0.3, -0.25) is 4.79 Å². The minimum Gasteiger partial charge on any atom is -0.341 e. The van der Waals surface area contributed by atoms with Gasteiger partial charge in [-0.2, -0.15) is 0 Å². The second kappa shape index (κ2) is 7.24. The number of carbonyl (C=O) groups is 2. The number of urea groups is 1. The molecular formula is C16H22FN3O2. The summed E-state index contributed by atoms with van der Waals surface area (Å²) < 4.78 is 13.5. The molecule has 1 saturated heterocycles. The molecule has 0 bridgehead atoms. The van der Waals surface area contributed by atoms with Crippen molar-refractivity contribution in [1.82, 2.24) is 10.2 Å². The van der Waals surface area contributed by atoms with Crippen LogP contribution in [0, 0.1) is 11.7 Å². The first kappa shape index (κ1) is 16.3. The Morgan fingerprint density at radius 1 is 1.18 bits per heavy atom. The molecule has 0 unspecified atom stereocenters. The Hall–Kier alpha value is -2.11. The van der Waals surface area contributed by atoms with Crippen molar-refractivity contribution in [3.05, 3.63) is 30.1 Å². The zero-order valence-corrected chi connectivity index (χ0v) is 12.9. The maximum absolute atomic E-state index is 13.5. The maximum atomic E-state index is 13.5. The molecule has 5 nitrogen and oxygen atoms in total. The smallest absolute Gasteiger partial charge is 0.319 e. The van der Waals surface area contributed by atoms with Crippen molar-refractivity contribution in [2.75, 3.05) is 18.4 Å². The lowest BCUT2D eigenvalue weighted by Gasteiger charge is -2.26. The first-order valence-corrected chi connectivity index (χ1v) is 7.60. The lowest BCUT2D eigenvalue weighted by molar-refractivity contribution is -0.133. The summed E-state index contributed by atoms with van der Waals surface area (Å²) in [6, 6.07) is 4.74. The van der Waals surface area contributed by atoms with Crippen LogP contribution < -0.4 is 10.6 Å². The van der Waals surface area contributed by atoms with Crippen molar-refractivity contribution >= 4 is 17.6 Å². The van der Waals surface area contributed by atoms with Crippen LogP contribution in [-0.2, 0) is 4.79 Å². The lowest BCUT2D eigenvalue weighted by atomic mass is 10.0. The van der Waals surface area contributed by atoms with Crippen molar-refractivity contribution in [3.63, 3.8) is 0 Å². The summed E-state index contributed by atoms with van der Waals surface area (Å²) >= 11 is 0. The highest BCUT2D eigenvalue weighted by Crippen LogP contribution is 2.15. The van der Waals surface area contributed by atoms with Gasteiger partial charge in [0.2, 0.25) is 5.91 Å². The summed E-state index contributed by atoms with van der Waals surface area (Å²) in [6.45, 7) is 5.22. The van der Waals surface area contributed by atoms with Gasteiger partial charge < -0.3 is 15.5 Å². The zero-order valence-electron chi connectivity index (χ0n) is 12.9. The van der Waals surface area contributed by atoms with Gasteiger partial charge in [-0.15, -0.1) is 0 Å². The number of nitrogens with one attached hydrogen (secondary N) is 2. The fourth-order valence-corrected chi connectivity index (χ4v) is 2.51. The Morgan fingerprint density at radius 2 is 1.82 bits per heavy atom. The average molecular weight is 307 g/mol. The Labute approximate surface area is 129 Å². The third-order valence-corrected chi connectivity index (χ3v) is 3.76. The van der Waals surface area contributed by atoms with E-state index in [1.54, 1.807) is 17.0 Å². The highest BCUT2D eigenvalue weighted by atomic mass is 19.1. The SMILES string of the molecule is CC(C)[C@H](NC(=O)Nc1ccccc1F)C(=O)N1CCCC1. The van der Waals surface area contributed by atoms with Gasteiger partial charge in [0.1, 0.15) is 11.9 Å². The Kier molecular flexibility index (Phi) is 5.35. The van der Waals surface area contributed by atoms with Gasteiger partial charge in [0.25, 0.3) is 0 Å². The topological polar surface area (TPSA) is 61.4 Å². The molecule has 1 atom stereocenters. The summed E-state index contributed by atoms with van der Waals surface area (Å²) in [6.07, 6.45) is 2.00. The van der Waals surface area contributed by atoms with E-state index in [2.05, 4.69) is 10.6 Å². The minimum absolute atomic E-state index is 0.0422. The quantitative estimate of drug-likeness (QED) is 0.898. The third kappa shape index (κ3) is 3.96. The molecule has 0 aromatic heterocycles. The van der Waals surface area contributed by atoms with E-state index in [4.69, 9.17) is 0 Å². The van der Waals surface area contributed by atoms with Gasteiger partial charge in [0.15, 0.2) is 0 Å². The van der Waals surface area contributed by atoms with E-state index in [1.165, 1.54) is 12.1 Å². The fraction of sp³-hybridized carbons (Fsp3) is 0.500. The van der Waals surface area contributed by atoms with Crippen molar-refractivity contribution in [2.24, 2.45) is 5.92 Å². The van der Waals surface area contributed by atoms with E-state index >= 15 is 0 Å². The van der Waals surface area contributed by atoms with Crippen LogP contribution in [0.3, 0.4) is 0 Å². The molecule has 2 N–H and O–H groups in total. The van der Waals surface area contributed by atoms with E-state index in [0.29, 0.717) is 0 Å². The summed E-state index contributed by atoms with van der Waals surface area (Å²) in [7, 11) is 0. The van der Waals surface area contributed by atoms with Gasteiger partial charge in [-0.1, -0.05) is 26.0 Å². The monoisotopic (exact) mass is 307 g/mol. The van der Waals surface area contributed by atoms with Gasteiger partial charge >= 0.3 is 6.03 Å². The van der Waals surface area contributed by atoms with Crippen molar-refractivity contribution in [2.45, 2.75) is 32.7 Å². The molecule has 22 heavy (non-hydrogen) atoms. The molecule has 0 radical (unpaired) electrons. The molecule has 1 aliphatic rings. The van der Waals surface area contributed by atoms with Crippen LogP contribution in [0.2, 0.25) is 0 Å². The number of para-hydroxylation sites is 1. The summed E-state index contributed by atoms with van der Waals surface area (Å²) in [5.41, 5.74) is 0.0936. The summed E-state index contributed by atoms with van der Waals surface area (Å²) in [5, 5.41) is 5.11. The van der Waals surface area contributed by atoms with Gasteiger partial charge in [-0.25, -0.2) is 9.18 Å². The van der Waals surface area contributed by atoms with Crippen LogP contribution in [0.25, 0.3) is 0 Å². The molecular weight excluding hydrogens is 285 g/mol. The van der Waals surface area contributed by atoms with E-state index in [-0.39, 0.29) is 17.5 Å². The van der Waals surface area contributed by atoms with Crippen LogP contribution in [0.4, 0.5) is 14.9 Å². The molecule has 120 valence electrons. The standard InChI is InChI=1S/C16H22FN3O2/c1-11(2)14(15(21)20-9-5-6-10-20)19-16(22)18-13-8-4-3-7-12(13)17/h3-4,7-8,11,14H,5-6,9-10H2,1-2H3,(H2,18,19,22)/t14-/m0/s1. The molecule has 1 heterocycles. The van der Waals surface area contributed by atoms with E-state index in [9.17, 15) is 14.0 Å². The van der Waals surface area contributed by atoms with E-state index in [0.717, 1.165) is 25.9 Å². The zero-order chi connectivity index (χ0) is 16.1. The second-order valence-corrected chi connectivity index (χ2v) is 5.83. The predicted octanol–water partition coefficient (Wildman–Crippen LogP) is 2.59.